The van der Waals surface area contributed by atoms with E-state index in [1.807, 2.05) is 0 Å². The Balaban J connectivity index is 1.60. The summed E-state index contributed by atoms with van der Waals surface area (Å²) in [7, 11) is 0. The van der Waals surface area contributed by atoms with Crippen LogP contribution in [0.1, 0.15) is 25.7 Å². The van der Waals surface area contributed by atoms with Gasteiger partial charge in [-0.15, -0.1) is 0 Å². The van der Waals surface area contributed by atoms with Crippen LogP contribution in [0.25, 0.3) is 0 Å². The highest BCUT2D eigenvalue weighted by Crippen LogP contribution is 2.17. The third-order valence-electron chi connectivity index (χ3n) is 2.88. The molecule has 1 N–H and O–H groups in total. The summed E-state index contributed by atoms with van der Waals surface area (Å²) in [6.45, 7) is 2.06. The molecule has 76 valence electrons. The minimum absolute atomic E-state index is 0.509. The predicted octanol–water partition coefficient (Wildman–Crippen LogP) is 1.65. The summed E-state index contributed by atoms with van der Waals surface area (Å²) in [5.41, 5.74) is 0. The van der Waals surface area contributed by atoms with Crippen LogP contribution in [-0.2, 0) is 4.74 Å². The number of hydrogen-bond acceptors (Lipinski definition) is 3. The molecule has 1 atom stereocenters. The third kappa shape index (κ3) is 3.15. The van der Waals surface area contributed by atoms with E-state index in [1.54, 1.807) is 0 Å². The lowest BCUT2D eigenvalue weighted by atomic mass is 10.1. The van der Waals surface area contributed by atoms with Crippen molar-refractivity contribution in [3.05, 3.63) is 0 Å². The van der Waals surface area contributed by atoms with Crippen LogP contribution in [0, 0.1) is 0 Å². The van der Waals surface area contributed by atoms with Crippen LogP contribution >= 0.6 is 11.8 Å². The van der Waals surface area contributed by atoms with Crippen LogP contribution in [0.3, 0.4) is 0 Å². The van der Waals surface area contributed by atoms with Gasteiger partial charge in [0.15, 0.2) is 0 Å². The summed E-state index contributed by atoms with van der Waals surface area (Å²) in [6, 6.07) is 0.769. The molecule has 0 aromatic rings. The van der Waals surface area contributed by atoms with Gasteiger partial charge in [-0.05, 0) is 37.2 Å². The van der Waals surface area contributed by atoms with Crippen LogP contribution in [0.15, 0.2) is 0 Å². The Hall–Kier alpha value is 0.270. The molecule has 2 heterocycles. The van der Waals surface area contributed by atoms with E-state index in [2.05, 4.69) is 17.1 Å². The second-order valence-corrected chi connectivity index (χ2v) is 5.15. The van der Waals surface area contributed by atoms with Crippen molar-refractivity contribution >= 4 is 11.8 Å². The van der Waals surface area contributed by atoms with Crippen molar-refractivity contribution in [2.75, 3.05) is 24.7 Å². The van der Waals surface area contributed by atoms with Crippen molar-refractivity contribution in [3.63, 3.8) is 0 Å². The van der Waals surface area contributed by atoms with Crippen molar-refractivity contribution in [3.8, 4) is 0 Å². The lowest BCUT2D eigenvalue weighted by molar-refractivity contribution is 0.107. The molecule has 2 aliphatic rings. The largest absolute Gasteiger partial charge is 0.377 e. The Morgan fingerprint density at radius 3 is 2.77 bits per heavy atom. The van der Waals surface area contributed by atoms with Crippen LogP contribution in [0.2, 0.25) is 0 Å². The van der Waals surface area contributed by atoms with Crippen LogP contribution in [0.4, 0.5) is 0 Å². The maximum atomic E-state index is 5.58. The molecule has 0 saturated carbocycles. The normalized spacial score (nSPS) is 30.9. The third-order valence-corrected chi connectivity index (χ3v) is 3.93. The highest BCUT2D eigenvalue weighted by Gasteiger charge is 2.18. The predicted molar refractivity (Wildman–Crippen MR) is 57.3 cm³/mol. The smallest absolute Gasteiger partial charge is 0.0700 e. The molecule has 2 aliphatic heterocycles. The standard InChI is InChI=1S/C10H19NOS/c1-2-10(12-5-1)8-11-9-3-6-13-7-4-9/h9-11H,1-8H2. The van der Waals surface area contributed by atoms with Gasteiger partial charge in [-0.1, -0.05) is 0 Å². The van der Waals surface area contributed by atoms with Crippen LogP contribution < -0.4 is 5.32 Å². The Labute approximate surface area is 84.8 Å². The molecule has 0 aromatic carbocycles. The zero-order valence-corrected chi connectivity index (χ0v) is 8.94. The van der Waals surface area contributed by atoms with Gasteiger partial charge in [-0.25, -0.2) is 0 Å². The van der Waals surface area contributed by atoms with E-state index in [4.69, 9.17) is 4.74 Å². The lowest BCUT2D eigenvalue weighted by Crippen LogP contribution is -2.37. The first kappa shape index (κ1) is 9.81. The quantitative estimate of drug-likeness (QED) is 0.750. The SMILES string of the molecule is C1COC(CNC2CCSCC2)C1. The molecular weight excluding hydrogens is 182 g/mol. The van der Waals surface area contributed by atoms with Crippen LogP contribution in [-0.4, -0.2) is 36.8 Å². The van der Waals surface area contributed by atoms with Crippen LogP contribution in [0.5, 0.6) is 0 Å². The fourth-order valence-electron chi connectivity index (χ4n) is 2.01. The molecule has 2 fully saturated rings. The van der Waals surface area contributed by atoms with E-state index < -0.39 is 0 Å². The first-order chi connectivity index (χ1) is 6.45. The molecule has 3 heteroatoms. The molecule has 0 radical (unpaired) electrons. The average Bonchev–Trinajstić information content (AvgIpc) is 2.69. The molecule has 2 rings (SSSR count). The number of ether oxygens (including phenoxy) is 1. The highest BCUT2D eigenvalue weighted by atomic mass is 32.2. The van der Waals surface area contributed by atoms with Crippen molar-refractivity contribution in [2.24, 2.45) is 0 Å². The fraction of sp³-hybridized carbons (Fsp3) is 1.00. The zero-order valence-electron chi connectivity index (χ0n) is 8.13. The number of hydrogen-bond donors (Lipinski definition) is 1. The Morgan fingerprint density at radius 1 is 1.23 bits per heavy atom. The summed E-state index contributed by atoms with van der Waals surface area (Å²) in [5, 5.41) is 3.63. The van der Waals surface area contributed by atoms with E-state index in [0.29, 0.717) is 6.10 Å². The summed E-state index contributed by atoms with van der Waals surface area (Å²) in [5.74, 6) is 2.67. The van der Waals surface area contributed by atoms with E-state index in [1.165, 1.54) is 37.2 Å². The Kier molecular flexibility index (Phi) is 3.94. The molecule has 0 amide bonds. The molecule has 0 bridgehead atoms. The van der Waals surface area contributed by atoms with Gasteiger partial charge in [0.05, 0.1) is 6.10 Å². The summed E-state index contributed by atoms with van der Waals surface area (Å²) in [4.78, 5) is 0. The molecule has 13 heavy (non-hydrogen) atoms. The summed E-state index contributed by atoms with van der Waals surface area (Å²) < 4.78 is 5.58. The zero-order chi connectivity index (χ0) is 8.93. The maximum absolute atomic E-state index is 5.58. The van der Waals surface area contributed by atoms with Gasteiger partial charge < -0.3 is 10.1 Å². The highest BCUT2D eigenvalue weighted by molar-refractivity contribution is 7.99. The van der Waals surface area contributed by atoms with Gasteiger partial charge in [0.2, 0.25) is 0 Å². The second kappa shape index (κ2) is 5.23. The van der Waals surface area contributed by atoms with Gasteiger partial charge in [0, 0.05) is 19.2 Å². The van der Waals surface area contributed by atoms with Crippen molar-refractivity contribution in [2.45, 2.75) is 37.8 Å². The minimum atomic E-state index is 0.509. The van der Waals surface area contributed by atoms with Crippen molar-refractivity contribution in [1.82, 2.24) is 5.32 Å². The summed E-state index contributed by atoms with van der Waals surface area (Å²) in [6.07, 6.45) is 5.71. The molecule has 2 saturated heterocycles. The number of nitrogens with one attached hydrogen (secondary N) is 1. The average molecular weight is 201 g/mol. The van der Waals surface area contributed by atoms with E-state index >= 15 is 0 Å². The van der Waals surface area contributed by atoms with Gasteiger partial charge in [0.25, 0.3) is 0 Å². The minimum Gasteiger partial charge on any atom is -0.377 e. The van der Waals surface area contributed by atoms with Gasteiger partial charge in [-0.3, -0.25) is 0 Å². The topological polar surface area (TPSA) is 21.3 Å². The van der Waals surface area contributed by atoms with Gasteiger partial charge in [-0.2, -0.15) is 11.8 Å². The molecule has 0 spiro atoms. The number of thioether (sulfide) groups is 1. The number of rotatable bonds is 3. The Morgan fingerprint density at radius 2 is 2.08 bits per heavy atom. The molecule has 0 aromatic heterocycles. The van der Waals surface area contributed by atoms with E-state index in [9.17, 15) is 0 Å². The first-order valence-corrected chi connectivity index (χ1v) is 6.53. The van der Waals surface area contributed by atoms with Gasteiger partial charge in [0.1, 0.15) is 0 Å². The maximum Gasteiger partial charge on any atom is 0.0700 e. The van der Waals surface area contributed by atoms with Crippen molar-refractivity contribution in [1.29, 1.82) is 0 Å². The van der Waals surface area contributed by atoms with E-state index in [-0.39, 0.29) is 0 Å². The van der Waals surface area contributed by atoms with Crippen molar-refractivity contribution < 1.29 is 4.74 Å². The molecule has 0 aliphatic carbocycles. The molecule has 2 nitrogen and oxygen atoms in total. The van der Waals surface area contributed by atoms with Gasteiger partial charge >= 0.3 is 0 Å². The Bertz CT molecular complexity index is 142. The first-order valence-electron chi connectivity index (χ1n) is 5.38. The fourth-order valence-corrected chi connectivity index (χ4v) is 3.11. The lowest BCUT2D eigenvalue weighted by Gasteiger charge is -2.24. The molecular formula is C10H19NOS. The molecule has 1 unspecified atom stereocenters. The monoisotopic (exact) mass is 201 g/mol. The second-order valence-electron chi connectivity index (χ2n) is 3.93. The van der Waals surface area contributed by atoms with E-state index in [0.717, 1.165) is 19.2 Å². The summed E-state index contributed by atoms with van der Waals surface area (Å²) >= 11 is 2.09.